The molecule has 0 bridgehead atoms. The predicted molar refractivity (Wildman–Crippen MR) is 61.7 cm³/mol. The molecule has 0 saturated carbocycles. The van der Waals surface area contributed by atoms with Gasteiger partial charge in [-0.15, -0.1) is 0 Å². The van der Waals surface area contributed by atoms with Crippen molar-refractivity contribution in [1.29, 1.82) is 0 Å². The van der Waals surface area contributed by atoms with Gasteiger partial charge in [0, 0.05) is 0 Å². The molecule has 1 aromatic carbocycles. The smallest absolute Gasteiger partial charge is 0.320 e. The maximum absolute atomic E-state index is 10.7. The van der Waals surface area contributed by atoms with Gasteiger partial charge in [0.25, 0.3) is 0 Å². The number of hydrogen-bond acceptors (Lipinski definition) is 3. The van der Waals surface area contributed by atoms with E-state index in [1.54, 1.807) is 24.3 Å². The Balaban J connectivity index is 2.81. The van der Waals surface area contributed by atoms with Crippen molar-refractivity contribution >= 4 is 11.9 Å². The van der Waals surface area contributed by atoms with Crippen molar-refractivity contribution in [2.75, 3.05) is 0 Å². The summed E-state index contributed by atoms with van der Waals surface area (Å²) in [6.07, 6.45) is -0.00333. The standard InChI is InChI=1S/C12H15NO4/c13-10(12(16)17)6-9(7-11(14)15)8-4-2-1-3-5-8/h1-5,9-10H,6-7,13H2,(H,14,15)(H,16,17). The molecule has 0 aromatic heterocycles. The summed E-state index contributed by atoms with van der Waals surface area (Å²) >= 11 is 0. The fourth-order valence-corrected chi connectivity index (χ4v) is 1.68. The average molecular weight is 237 g/mol. The fraction of sp³-hybridized carbons (Fsp3) is 0.333. The lowest BCUT2D eigenvalue weighted by molar-refractivity contribution is -0.140. The summed E-state index contributed by atoms with van der Waals surface area (Å²) in [7, 11) is 0. The van der Waals surface area contributed by atoms with Gasteiger partial charge in [0.05, 0.1) is 6.42 Å². The van der Waals surface area contributed by atoms with Crippen molar-refractivity contribution in [1.82, 2.24) is 0 Å². The highest BCUT2D eigenvalue weighted by Crippen LogP contribution is 2.24. The Hall–Kier alpha value is -1.88. The Morgan fingerprint density at radius 2 is 1.76 bits per heavy atom. The molecule has 0 heterocycles. The van der Waals surface area contributed by atoms with Crippen molar-refractivity contribution in [2.24, 2.45) is 5.73 Å². The van der Waals surface area contributed by atoms with E-state index < -0.39 is 18.0 Å². The average Bonchev–Trinajstić information content (AvgIpc) is 2.28. The van der Waals surface area contributed by atoms with Gasteiger partial charge in [-0.05, 0) is 17.9 Å². The molecule has 0 fully saturated rings. The minimum Gasteiger partial charge on any atom is -0.481 e. The van der Waals surface area contributed by atoms with Crippen LogP contribution in [-0.4, -0.2) is 28.2 Å². The molecule has 0 radical (unpaired) electrons. The first kappa shape index (κ1) is 13.2. The molecular formula is C12H15NO4. The van der Waals surface area contributed by atoms with Gasteiger partial charge < -0.3 is 15.9 Å². The van der Waals surface area contributed by atoms with Gasteiger partial charge in [-0.3, -0.25) is 9.59 Å². The summed E-state index contributed by atoms with van der Waals surface area (Å²) in [4.78, 5) is 21.4. The number of aliphatic carboxylic acids is 2. The summed E-state index contributed by atoms with van der Waals surface area (Å²) < 4.78 is 0. The number of carbonyl (C=O) groups is 2. The second kappa shape index (κ2) is 6.00. The lowest BCUT2D eigenvalue weighted by Crippen LogP contribution is -2.32. The highest BCUT2D eigenvalue weighted by molar-refractivity contribution is 5.73. The van der Waals surface area contributed by atoms with E-state index in [1.165, 1.54) is 0 Å². The van der Waals surface area contributed by atoms with Gasteiger partial charge >= 0.3 is 11.9 Å². The molecule has 0 aliphatic carbocycles. The van der Waals surface area contributed by atoms with Crippen LogP contribution in [0.25, 0.3) is 0 Å². The Labute approximate surface area is 98.9 Å². The third kappa shape index (κ3) is 4.24. The number of rotatable bonds is 6. The zero-order valence-corrected chi connectivity index (χ0v) is 9.24. The van der Waals surface area contributed by atoms with E-state index >= 15 is 0 Å². The highest BCUT2D eigenvalue weighted by atomic mass is 16.4. The Morgan fingerprint density at radius 1 is 1.18 bits per heavy atom. The minimum atomic E-state index is -1.11. The molecule has 1 rings (SSSR count). The van der Waals surface area contributed by atoms with Crippen molar-refractivity contribution in [3.8, 4) is 0 Å². The maximum atomic E-state index is 10.7. The first-order valence-electron chi connectivity index (χ1n) is 5.26. The van der Waals surface area contributed by atoms with Crippen LogP contribution >= 0.6 is 0 Å². The molecule has 5 heteroatoms. The van der Waals surface area contributed by atoms with Crippen LogP contribution in [0.5, 0.6) is 0 Å². The van der Waals surface area contributed by atoms with Gasteiger partial charge in [-0.25, -0.2) is 0 Å². The largest absolute Gasteiger partial charge is 0.481 e. The van der Waals surface area contributed by atoms with Crippen LogP contribution in [0.4, 0.5) is 0 Å². The number of hydrogen-bond donors (Lipinski definition) is 3. The molecule has 0 aliphatic rings. The van der Waals surface area contributed by atoms with Crippen LogP contribution in [0.3, 0.4) is 0 Å². The van der Waals surface area contributed by atoms with Gasteiger partial charge in [0.15, 0.2) is 0 Å². The fourth-order valence-electron chi connectivity index (χ4n) is 1.68. The monoisotopic (exact) mass is 237 g/mol. The number of carboxylic acid groups (broad SMARTS) is 2. The van der Waals surface area contributed by atoms with Crippen molar-refractivity contribution in [3.05, 3.63) is 35.9 Å². The van der Waals surface area contributed by atoms with Crippen molar-refractivity contribution in [3.63, 3.8) is 0 Å². The molecule has 0 amide bonds. The second-order valence-electron chi connectivity index (χ2n) is 3.89. The van der Waals surface area contributed by atoms with Gasteiger partial charge in [-0.2, -0.15) is 0 Å². The molecule has 4 N–H and O–H groups in total. The van der Waals surface area contributed by atoms with Crippen LogP contribution in [-0.2, 0) is 9.59 Å². The molecule has 5 nitrogen and oxygen atoms in total. The molecule has 17 heavy (non-hydrogen) atoms. The second-order valence-corrected chi connectivity index (χ2v) is 3.89. The van der Waals surface area contributed by atoms with Crippen molar-refractivity contribution < 1.29 is 19.8 Å². The SMILES string of the molecule is NC(CC(CC(=O)O)c1ccccc1)C(=O)O. The molecule has 2 unspecified atom stereocenters. The molecule has 2 atom stereocenters. The summed E-state index contributed by atoms with van der Waals surface area (Å²) in [5, 5.41) is 17.5. The maximum Gasteiger partial charge on any atom is 0.320 e. The zero-order valence-electron chi connectivity index (χ0n) is 9.24. The lowest BCUT2D eigenvalue weighted by atomic mass is 9.89. The normalized spacial score (nSPS) is 13.9. The quantitative estimate of drug-likeness (QED) is 0.686. The van der Waals surface area contributed by atoms with Gasteiger partial charge in [-0.1, -0.05) is 30.3 Å². The van der Waals surface area contributed by atoms with E-state index in [0.717, 1.165) is 5.56 Å². The van der Waals surface area contributed by atoms with Crippen LogP contribution in [0.1, 0.15) is 24.3 Å². The zero-order chi connectivity index (χ0) is 12.8. The molecule has 0 spiro atoms. The molecule has 0 saturated heterocycles. The topological polar surface area (TPSA) is 101 Å². The van der Waals surface area contributed by atoms with Gasteiger partial charge in [0.1, 0.15) is 6.04 Å². The van der Waals surface area contributed by atoms with Gasteiger partial charge in [0.2, 0.25) is 0 Å². The third-order valence-electron chi connectivity index (χ3n) is 2.55. The summed E-state index contributed by atoms with van der Waals surface area (Å²) in [5.41, 5.74) is 6.24. The van der Waals surface area contributed by atoms with Crippen LogP contribution in [0.2, 0.25) is 0 Å². The van der Waals surface area contributed by atoms with Crippen LogP contribution in [0, 0.1) is 0 Å². The van der Waals surface area contributed by atoms with Crippen molar-refractivity contribution in [2.45, 2.75) is 24.8 Å². The van der Waals surface area contributed by atoms with E-state index in [0.29, 0.717) is 0 Å². The first-order chi connectivity index (χ1) is 8.00. The number of carboxylic acids is 2. The summed E-state index contributed by atoms with van der Waals surface area (Å²) in [6, 6.07) is 7.91. The number of nitrogens with two attached hydrogens (primary N) is 1. The van der Waals surface area contributed by atoms with Crippen LogP contribution < -0.4 is 5.73 Å². The third-order valence-corrected chi connectivity index (χ3v) is 2.55. The molecule has 1 aromatic rings. The molecular weight excluding hydrogens is 222 g/mol. The van der Waals surface area contributed by atoms with E-state index in [1.807, 2.05) is 6.07 Å². The highest BCUT2D eigenvalue weighted by Gasteiger charge is 2.22. The van der Waals surface area contributed by atoms with E-state index in [4.69, 9.17) is 15.9 Å². The first-order valence-corrected chi connectivity index (χ1v) is 5.26. The predicted octanol–water partition coefficient (Wildman–Crippen LogP) is 1.05. The number of benzene rings is 1. The Bertz CT molecular complexity index is 391. The summed E-state index contributed by atoms with van der Waals surface area (Å²) in [5.74, 6) is -2.45. The lowest BCUT2D eigenvalue weighted by Gasteiger charge is -2.17. The van der Waals surface area contributed by atoms with E-state index in [-0.39, 0.29) is 18.8 Å². The minimum absolute atomic E-state index is 0.117. The molecule has 0 aliphatic heterocycles. The Morgan fingerprint density at radius 3 is 2.24 bits per heavy atom. The Kier molecular flexibility index (Phi) is 4.66. The summed E-state index contributed by atoms with van der Waals surface area (Å²) in [6.45, 7) is 0. The van der Waals surface area contributed by atoms with E-state index in [2.05, 4.69) is 0 Å². The van der Waals surface area contributed by atoms with E-state index in [9.17, 15) is 9.59 Å². The van der Waals surface area contributed by atoms with Crippen LogP contribution in [0.15, 0.2) is 30.3 Å². The molecule has 92 valence electrons.